The zero-order chi connectivity index (χ0) is 17.6. The van der Waals surface area contributed by atoms with E-state index in [0.717, 1.165) is 34.6 Å². The summed E-state index contributed by atoms with van der Waals surface area (Å²) in [6.45, 7) is 7.41. The van der Waals surface area contributed by atoms with Crippen molar-refractivity contribution in [1.29, 1.82) is 5.26 Å². The molecule has 1 unspecified atom stereocenters. The molecule has 1 aliphatic carbocycles. The molecule has 1 aromatic carbocycles. The van der Waals surface area contributed by atoms with Crippen molar-refractivity contribution >= 4 is 17.1 Å². The van der Waals surface area contributed by atoms with Gasteiger partial charge in [0.15, 0.2) is 6.17 Å². The van der Waals surface area contributed by atoms with Crippen LogP contribution in [0.15, 0.2) is 35.5 Å². The Balaban J connectivity index is 1.96. The van der Waals surface area contributed by atoms with Gasteiger partial charge in [0.2, 0.25) is 0 Å². The zero-order valence-corrected chi connectivity index (χ0v) is 15.1. The summed E-state index contributed by atoms with van der Waals surface area (Å²) in [5, 5.41) is 11.0. The highest BCUT2D eigenvalue weighted by molar-refractivity contribution is 5.89. The summed E-state index contributed by atoms with van der Waals surface area (Å²) in [4.78, 5) is 7.00. The van der Waals surface area contributed by atoms with Crippen molar-refractivity contribution in [2.45, 2.75) is 52.4 Å². The van der Waals surface area contributed by atoms with Gasteiger partial charge in [-0.05, 0) is 57.7 Å². The van der Waals surface area contributed by atoms with Crippen LogP contribution >= 0.6 is 0 Å². The molecule has 0 saturated heterocycles. The number of hydrogen-bond donors (Lipinski definition) is 0. The maximum atomic E-state index is 9.97. The summed E-state index contributed by atoms with van der Waals surface area (Å²) in [6.07, 6.45) is 8.36. The minimum Gasteiger partial charge on any atom is -0.349 e. The van der Waals surface area contributed by atoms with Gasteiger partial charge in [-0.1, -0.05) is 11.6 Å². The van der Waals surface area contributed by atoms with Gasteiger partial charge in [0.05, 0.1) is 11.3 Å². The predicted molar refractivity (Wildman–Crippen MR) is 101 cm³/mol. The maximum absolute atomic E-state index is 9.97. The number of nitrogens with zero attached hydrogens (tertiary/aromatic N) is 4. The molecule has 128 valence electrons. The molecule has 1 aliphatic heterocycles. The van der Waals surface area contributed by atoms with E-state index in [1.807, 2.05) is 12.3 Å². The van der Waals surface area contributed by atoms with Crippen molar-refractivity contribution < 1.29 is 0 Å². The third kappa shape index (κ3) is 2.74. The van der Waals surface area contributed by atoms with Crippen LogP contribution in [0.2, 0.25) is 0 Å². The lowest BCUT2D eigenvalue weighted by atomic mass is 10.1. The molecule has 0 bridgehead atoms. The first-order valence-corrected chi connectivity index (χ1v) is 9.10. The second kappa shape index (κ2) is 6.07. The summed E-state index contributed by atoms with van der Waals surface area (Å²) in [7, 11) is 0. The molecule has 1 atom stereocenters. The molecule has 25 heavy (non-hydrogen) atoms. The Hall–Kier alpha value is -2.54. The highest BCUT2D eigenvalue weighted by Crippen LogP contribution is 2.39. The number of nitriles is 1. The van der Waals surface area contributed by atoms with E-state index in [1.165, 1.54) is 18.4 Å². The number of aryl methyl sites for hydroxylation is 1. The molecule has 4 heteroatoms. The van der Waals surface area contributed by atoms with Gasteiger partial charge in [-0.2, -0.15) is 5.26 Å². The normalized spacial score (nSPS) is 19.8. The van der Waals surface area contributed by atoms with Crippen LogP contribution < -0.4 is 0 Å². The highest BCUT2D eigenvalue weighted by Gasteiger charge is 2.32. The summed E-state index contributed by atoms with van der Waals surface area (Å²) < 4.78 is 2.36. The van der Waals surface area contributed by atoms with Gasteiger partial charge in [-0.15, -0.1) is 0 Å². The molecule has 0 N–H and O–H groups in total. The van der Waals surface area contributed by atoms with E-state index in [1.54, 1.807) is 0 Å². The van der Waals surface area contributed by atoms with E-state index < -0.39 is 0 Å². The lowest BCUT2D eigenvalue weighted by molar-refractivity contribution is 0.225. The molecule has 2 aliphatic rings. The number of aliphatic imine (C=N–C) groups is 1. The van der Waals surface area contributed by atoms with E-state index in [-0.39, 0.29) is 6.17 Å². The molecule has 1 fully saturated rings. The Morgan fingerprint density at radius 2 is 2.12 bits per heavy atom. The van der Waals surface area contributed by atoms with Gasteiger partial charge in [0, 0.05) is 35.9 Å². The van der Waals surface area contributed by atoms with Gasteiger partial charge < -0.3 is 9.47 Å². The van der Waals surface area contributed by atoms with Crippen LogP contribution in [-0.4, -0.2) is 21.7 Å². The minimum absolute atomic E-state index is 0.133. The smallest absolute Gasteiger partial charge is 0.163 e. The fourth-order valence-electron chi connectivity index (χ4n) is 3.72. The maximum Gasteiger partial charge on any atom is 0.163 e. The molecule has 1 aromatic heterocycles. The van der Waals surface area contributed by atoms with Crippen LogP contribution in [-0.2, 0) is 6.54 Å². The van der Waals surface area contributed by atoms with Crippen LogP contribution in [0.1, 0.15) is 49.7 Å². The van der Waals surface area contributed by atoms with Crippen LogP contribution in [0, 0.1) is 24.2 Å². The largest absolute Gasteiger partial charge is 0.349 e. The Bertz CT molecular complexity index is 906. The number of aromatic nitrogens is 1. The van der Waals surface area contributed by atoms with Gasteiger partial charge in [0.25, 0.3) is 0 Å². The lowest BCUT2D eigenvalue weighted by Crippen LogP contribution is -2.32. The highest BCUT2D eigenvalue weighted by atomic mass is 15.3. The quantitative estimate of drug-likeness (QED) is 0.825. The third-order valence-corrected chi connectivity index (χ3v) is 5.20. The molecule has 2 aromatic rings. The van der Waals surface area contributed by atoms with E-state index in [9.17, 15) is 5.26 Å². The number of fused-ring (bicyclic) bond motifs is 1. The van der Waals surface area contributed by atoms with E-state index in [0.29, 0.717) is 6.04 Å². The summed E-state index contributed by atoms with van der Waals surface area (Å²) >= 11 is 0. The topological polar surface area (TPSA) is 44.3 Å². The van der Waals surface area contributed by atoms with Gasteiger partial charge in [0.1, 0.15) is 6.07 Å². The Morgan fingerprint density at radius 3 is 2.80 bits per heavy atom. The first-order chi connectivity index (χ1) is 12.1. The summed E-state index contributed by atoms with van der Waals surface area (Å²) in [5.74, 6) is 0.734. The SMILES string of the molecule is Cc1ccc2c(c1)c(C#N)c(C1N=CC=CN1C(C)C)n2CC1CC1. The number of allylic oxidation sites excluding steroid dienone is 1. The predicted octanol–water partition coefficient (Wildman–Crippen LogP) is 4.54. The summed E-state index contributed by atoms with van der Waals surface area (Å²) in [6, 6.07) is 9.26. The first-order valence-electron chi connectivity index (χ1n) is 9.10. The van der Waals surface area contributed by atoms with Crippen molar-refractivity contribution in [3.8, 4) is 6.07 Å². The first kappa shape index (κ1) is 16.0. The van der Waals surface area contributed by atoms with E-state index >= 15 is 0 Å². The van der Waals surface area contributed by atoms with Crippen LogP contribution in [0.3, 0.4) is 0 Å². The Labute approximate surface area is 149 Å². The van der Waals surface area contributed by atoms with E-state index in [4.69, 9.17) is 4.99 Å². The second-order valence-corrected chi connectivity index (χ2v) is 7.50. The second-order valence-electron chi connectivity index (χ2n) is 7.50. The van der Waals surface area contributed by atoms with Crippen molar-refractivity contribution in [3.05, 3.63) is 47.3 Å². The molecule has 4 nitrogen and oxygen atoms in total. The molecular formula is C21H24N4. The fourth-order valence-corrected chi connectivity index (χ4v) is 3.72. The molecule has 4 rings (SSSR count). The average Bonchev–Trinajstić information content (AvgIpc) is 3.37. The van der Waals surface area contributed by atoms with Crippen molar-refractivity contribution in [3.63, 3.8) is 0 Å². The zero-order valence-electron chi connectivity index (χ0n) is 15.1. The summed E-state index contributed by atoms with van der Waals surface area (Å²) in [5.41, 5.74) is 4.18. The van der Waals surface area contributed by atoms with Gasteiger partial charge in [-0.3, -0.25) is 4.99 Å². The van der Waals surface area contributed by atoms with Gasteiger partial charge >= 0.3 is 0 Å². The van der Waals surface area contributed by atoms with Crippen molar-refractivity contribution in [1.82, 2.24) is 9.47 Å². The molecule has 0 amide bonds. The number of hydrogen-bond acceptors (Lipinski definition) is 3. The van der Waals surface area contributed by atoms with Crippen molar-refractivity contribution in [2.24, 2.45) is 10.9 Å². The number of rotatable bonds is 4. The van der Waals surface area contributed by atoms with Crippen LogP contribution in [0.5, 0.6) is 0 Å². The van der Waals surface area contributed by atoms with Crippen molar-refractivity contribution in [2.75, 3.05) is 0 Å². The van der Waals surface area contributed by atoms with E-state index in [2.05, 4.69) is 60.7 Å². The fraction of sp³-hybridized carbons (Fsp3) is 0.429. The molecule has 1 saturated carbocycles. The average molecular weight is 332 g/mol. The number of benzene rings is 1. The molecule has 0 radical (unpaired) electrons. The molecular weight excluding hydrogens is 308 g/mol. The third-order valence-electron chi connectivity index (χ3n) is 5.20. The standard InChI is InChI=1S/C21H24N4/c1-14(2)24-10-4-9-23-21(24)20-18(12-22)17-11-15(3)5-8-19(17)25(20)13-16-6-7-16/h4-5,8-11,14,16,21H,6-7,13H2,1-3H3. The lowest BCUT2D eigenvalue weighted by Gasteiger charge is -2.34. The molecule has 0 spiro atoms. The molecule has 2 heterocycles. The minimum atomic E-state index is -0.133. The monoisotopic (exact) mass is 332 g/mol. The Morgan fingerprint density at radius 1 is 1.32 bits per heavy atom. The van der Waals surface area contributed by atoms with Crippen LogP contribution in [0.4, 0.5) is 0 Å². The Kier molecular flexibility index (Phi) is 3.88. The van der Waals surface area contributed by atoms with Crippen LogP contribution in [0.25, 0.3) is 10.9 Å². The van der Waals surface area contributed by atoms with Gasteiger partial charge in [-0.25, -0.2) is 0 Å².